The van der Waals surface area contributed by atoms with E-state index < -0.39 is 0 Å². The van der Waals surface area contributed by atoms with E-state index in [1.165, 1.54) is 5.56 Å². The lowest BCUT2D eigenvalue weighted by Gasteiger charge is -2.22. The molecule has 0 bridgehead atoms. The molecule has 2 aliphatic heterocycles. The third-order valence-electron chi connectivity index (χ3n) is 4.97. The largest absolute Gasteiger partial charge is 0.356 e. The lowest BCUT2D eigenvalue weighted by Crippen LogP contribution is -2.36. The van der Waals surface area contributed by atoms with Gasteiger partial charge in [-0.2, -0.15) is 0 Å². The maximum Gasteiger partial charge on any atom is 0.231 e. The van der Waals surface area contributed by atoms with Crippen molar-refractivity contribution in [3.8, 4) is 0 Å². The monoisotopic (exact) mass is 322 g/mol. The molecule has 1 fully saturated rings. The third kappa shape index (κ3) is 2.64. The van der Waals surface area contributed by atoms with Crippen LogP contribution in [0.25, 0.3) is 0 Å². The number of para-hydroxylation sites is 1. The van der Waals surface area contributed by atoms with Gasteiger partial charge in [0, 0.05) is 37.1 Å². The molecule has 3 heterocycles. The van der Waals surface area contributed by atoms with Crippen LogP contribution in [0.1, 0.15) is 23.5 Å². The van der Waals surface area contributed by atoms with E-state index in [4.69, 9.17) is 0 Å². The predicted molar refractivity (Wildman–Crippen MR) is 94.3 cm³/mol. The van der Waals surface area contributed by atoms with Crippen molar-refractivity contribution in [2.75, 3.05) is 29.4 Å². The fraction of sp³-hybridized carbons (Fsp3) is 0.421. The highest BCUT2D eigenvalue weighted by Crippen LogP contribution is 2.31. The van der Waals surface area contributed by atoms with E-state index in [-0.39, 0.29) is 11.8 Å². The minimum atomic E-state index is 0.0479. The molecule has 0 spiro atoms. The summed E-state index contributed by atoms with van der Waals surface area (Å²) in [7, 11) is 0. The number of carbonyl (C=O) groups excluding carboxylic acids is 1. The van der Waals surface area contributed by atoms with Crippen LogP contribution in [0.2, 0.25) is 0 Å². The average Bonchev–Trinajstić information content (AvgIpc) is 3.21. The van der Waals surface area contributed by atoms with E-state index >= 15 is 0 Å². The topological polar surface area (TPSA) is 49.3 Å². The van der Waals surface area contributed by atoms with E-state index in [9.17, 15) is 4.79 Å². The number of benzene rings is 1. The lowest BCUT2D eigenvalue weighted by molar-refractivity contribution is -0.121. The van der Waals surface area contributed by atoms with E-state index in [1.54, 1.807) is 0 Å². The molecule has 2 aromatic rings. The molecule has 0 aliphatic carbocycles. The molecule has 24 heavy (non-hydrogen) atoms. The maximum atomic E-state index is 13.0. The zero-order chi connectivity index (χ0) is 16.7. The van der Waals surface area contributed by atoms with E-state index in [1.807, 2.05) is 36.9 Å². The number of hydrogen-bond donors (Lipinski definition) is 0. The summed E-state index contributed by atoms with van der Waals surface area (Å²) < 4.78 is 0. The van der Waals surface area contributed by atoms with Crippen LogP contribution < -0.4 is 9.80 Å². The summed E-state index contributed by atoms with van der Waals surface area (Å²) in [6.45, 7) is 6.32. The number of fused-ring (bicyclic) bond motifs is 1. The molecule has 5 heteroatoms. The van der Waals surface area contributed by atoms with Crippen LogP contribution in [-0.4, -0.2) is 35.5 Å². The van der Waals surface area contributed by atoms with Gasteiger partial charge in [-0.25, -0.2) is 9.97 Å². The van der Waals surface area contributed by atoms with Gasteiger partial charge in [0.25, 0.3) is 0 Å². The van der Waals surface area contributed by atoms with E-state index in [0.29, 0.717) is 0 Å². The number of aryl methyl sites for hydroxylation is 2. The van der Waals surface area contributed by atoms with Crippen LogP contribution >= 0.6 is 0 Å². The Labute approximate surface area is 142 Å². The molecule has 124 valence electrons. The van der Waals surface area contributed by atoms with Gasteiger partial charge in [-0.3, -0.25) is 4.79 Å². The molecule has 4 rings (SSSR count). The van der Waals surface area contributed by atoms with Crippen molar-refractivity contribution in [2.45, 2.75) is 26.7 Å². The van der Waals surface area contributed by atoms with Crippen molar-refractivity contribution in [1.82, 2.24) is 9.97 Å². The average molecular weight is 322 g/mol. The van der Waals surface area contributed by atoms with Gasteiger partial charge in [0.15, 0.2) is 0 Å². The second-order valence-electron chi connectivity index (χ2n) is 6.71. The number of nitrogens with zero attached hydrogens (tertiary/aromatic N) is 4. The number of aromatic nitrogens is 2. The van der Waals surface area contributed by atoms with Crippen LogP contribution in [0.5, 0.6) is 0 Å². The Bertz CT molecular complexity index is 768. The summed E-state index contributed by atoms with van der Waals surface area (Å²) in [6, 6.07) is 10.2. The Morgan fingerprint density at radius 3 is 2.83 bits per heavy atom. The number of rotatable bonds is 2. The van der Waals surface area contributed by atoms with Gasteiger partial charge < -0.3 is 9.80 Å². The van der Waals surface area contributed by atoms with Crippen molar-refractivity contribution in [3.05, 3.63) is 47.4 Å². The Hall–Kier alpha value is -2.43. The van der Waals surface area contributed by atoms with E-state index in [0.717, 1.165) is 55.5 Å². The maximum absolute atomic E-state index is 13.0. The molecule has 2 aliphatic rings. The van der Waals surface area contributed by atoms with Crippen LogP contribution in [0.4, 0.5) is 11.5 Å². The number of carbonyl (C=O) groups is 1. The van der Waals surface area contributed by atoms with Gasteiger partial charge in [0.05, 0.1) is 5.92 Å². The van der Waals surface area contributed by atoms with Gasteiger partial charge in [0.2, 0.25) is 5.91 Å². The normalized spacial score (nSPS) is 19.7. The second kappa shape index (κ2) is 5.89. The minimum Gasteiger partial charge on any atom is -0.356 e. The van der Waals surface area contributed by atoms with Crippen molar-refractivity contribution in [2.24, 2.45) is 5.92 Å². The molecular formula is C19H22N4O. The highest BCUT2D eigenvalue weighted by atomic mass is 16.2. The van der Waals surface area contributed by atoms with Gasteiger partial charge in [-0.1, -0.05) is 18.2 Å². The predicted octanol–water partition coefficient (Wildman–Crippen LogP) is 2.51. The second-order valence-corrected chi connectivity index (χ2v) is 6.71. The molecule has 1 atom stereocenters. The molecule has 1 amide bonds. The zero-order valence-electron chi connectivity index (χ0n) is 14.2. The molecule has 1 unspecified atom stereocenters. The number of anilines is 2. The van der Waals surface area contributed by atoms with Crippen molar-refractivity contribution in [3.63, 3.8) is 0 Å². The Morgan fingerprint density at radius 1 is 1.17 bits per heavy atom. The summed E-state index contributed by atoms with van der Waals surface area (Å²) in [5.41, 5.74) is 3.35. The molecule has 1 saturated heterocycles. The van der Waals surface area contributed by atoms with Crippen LogP contribution in [-0.2, 0) is 11.2 Å². The molecule has 0 saturated carbocycles. The van der Waals surface area contributed by atoms with Crippen LogP contribution in [0.15, 0.2) is 30.3 Å². The van der Waals surface area contributed by atoms with Crippen molar-refractivity contribution in [1.29, 1.82) is 0 Å². The lowest BCUT2D eigenvalue weighted by atomic mass is 10.1. The first kappa shape index (κ1) is 15.1. The summed E-state index contributed by atoms with van der Waals surface area (Å²) in [5.74, 6) is 2.03. The highest BCUT2D eigenvalue weighted by molar-refractivity contribution is 5.97. The highest BCUT2D eigenvalue weighted by Gasteiger charge is 2.35. The fourth-order valence-electron chi connectivity index (χ4n) is 3.82. The first-order valence-corrected chi connectivity index (χ1v) is 8.58. The van der Waals surface area contributed by atoms with Gasteiger partial charge in [0.1, 0.15) is 11.6 Å². The smallest absolute Gasteiger partial charge is 0.231 e. The third-order valence-corrected chi connectivity index (χ3v) is 4.97. The minimum absolute atomic E-state index is 0.0479. The fourth-order valence-corrected chi connectivity index (χ4v) is 3.82. The number of hydrogen-bond acceptors (Lipinski definition) is 4. The van der Waals surface area contributed by atoms with Gasteiger partial charge in [-0.15, -0.1) is 0 Å². The van der Waals surface area contributed by atoms with E-state index in [2.05, 4.69) is 27.0 Å². The Balaban J connectivity index is 1.50. The molecule has 1 aromatic carbocycles. The summed E-state index contributed by atoms with van der Waals surface area (Å²) in [4.78, 5) is 26.0. The van der Waals surface area contributed by atoms with Crippen LogP contribution in [0.3, 0.4) is 0 Å². The Kier molecular flexibility index (Phi) is 3.71. The summed E-state index contributed by atoms with van der Waals surface area (Å²) in [6.07, 6.45) is 1.85. The zero-order valence-corrected chi connectivity index (χ0v) is 14.2. The SMILES string of the molecule is Cc1cc(N2CCC(C(=O)N3CCc4ccccc43)C2)nc(C)n1. The number of amides is 1. The van der Waals surface area contributed by atoms with Crippen molar-refractivity contribution >= 4 is 17.4 Å². The molecule has 0 radical (unpaired) electrons. The molecular weight excluding hydrogens is 300 g/mol. The molecule has 1 aromatic heterocycles. The van der Waals surface area contributed by atoms with Gasteiger partial charge in [-0.05, 0) is 38.3 Å². The van der Waals surface area contributed by atoms with Gasteiger partial charge >= 0.3 is 0 Å². The molecule has 0 N–H and O–H groups in total. The Morgan fingerprint density at radius 2 is 2.00 bits per heavy atom. The quantitative estimate of drug-likeness (QED) is 0.852. The van der Waals surface area contributed by atoms with Crippen molar-refractivity contribution < 1.29 is 4.79 Å². The summed E-state index contributed by atoms with van der Waals surface area (Å²) >= 11 is 0. The summed E-state index contributed by atoms with van der Waals surface area (Å²) in [5, 5.41) is 0. The first-order valence-electron chi connectivity index (χ1n) is 8.58. The molecule has 5 nitrogen and oxygen atoms in total. The van der Waals surface area contributed by atoms with Crippen LogP contribution in [0, 0.1) is 19.8 Å². The standard InChI is InChI=1S/C19H22N4O/c1-13-11-18(21-14(2)20-13)22-9-7-16(12-22)19(24)23-10-8-15-5-3-4-6-17(15)23/h3-6,11,16H,7-10,12H2,1-2H3. The first-order chi connectivity index (χ1) is 11.6.